The van der Waals surface area contributed by atoms with Gasteiger partial charge in [0.2, 0.25) is 17.7 Å². The number of Topliss-reactive ketones (excluding diaryl/α,β-unsaturated/α-hetero) is 1. The lowest BCUT2D eigenvalue weighted by Gasteiger charge is -2.34. The predicted octanol–water partition coefficient (Wildman–Crippen LogP) is 17.9. The van der Waals surface area contributed by atoms with Gasteiger partial charge < -0.3 is 112 Å². The Hall–Kier alpha value is -10.7. The smallest absolute Gasteiger partial charge is 0.333 e. The number of ether oxygens (including phenoxy) is 16. The first kappa shape index (κ1) is 150. The zero-order valence-electron chi connectivity index (χ0n) is 97.0. The van der Waals surface area contributed by atoms with Crippen LogP contribution in [0.5, 0.6) is 0 Å². The number of aliphatic hydroxyl groups excluding tert-OH is 3. The molecule has 1 saturated carbocycles. The van der Waals surface area contributed by atoms with Crippen LogP contribution in [-0.4, -0.2) is 265 Å². The summed E-state index contributed by atoms with van der Waals surface area (Å²) in [6, 6.07) is 25.3. The number of amides is 3. The third-order valence-electron chi connectivity index (χ3n) is 23.2. The van der Waals surface area contributed by atoms with Crippen molar-refractivity contribution in [2.75, 3.05) is 153 Å². The number of hydrogen-bond donors (Lipinski definition) is 6. The van der Waals surface area contributed by atoms with Crippen LogP contribution in [0.25, 0.3) is 0 Å². The molecule has 36 nitrogen and oxygen atoms in total. The predicted molar refractivity (Wildman–Crippen MR) is 580 cm³/mol. The second-order valence-electron chi connectivity index (χ2n) is 40.1. The van der Waals surface area contributed by atoms with Crippen LogP contribution in [0.15, 0.2) is 115 Å². The molecule has 0 heterocycles. The van der Waals surface area contributed by atoms with Crippen molar-refractivity contribution in [3.05, 3.63) is 132 Å². The number of esters is 10. The average molecular weight is 2130 g/mol. The molecule has 0 bridgehead atoms. The molecule has 0 aliphatic heterocycles. The lowest BCUT2D eigenvalue weighted by molar-refractivity contribution is -0.170. The monoisotopic (exact) mass is 2130 g/mol. The summed E-state index contributed by atoms with van der Waals surface area (Å²) < 4.78 is 78.6. The minimum atomic E-state index is -1.11. The fraction of sp³-hybridized carbons (Fsp3) is 0.667. The van der Waals surface area contributed by atoms with Crippen LogP contribution in [0.2, 0.25) is 0 Å². The number of hydrogen-bond acceptors (Lipinski definition) is 33. The van der Waals surface area contributed by atoms with Gasteiger partial charge in [0.25, 0.3) is 0 Å². The third-order valence-corrected chi connectivity index (χ3v) is 23.2. The van der Waals surface area contributed by atoms with Crippen molar-refractivity contribution >= 4 is 94.6 Å². The van der Waals surface area contributed by atoms with Crippen LogP contribution in [0.3, 0.4) is 0 Å². The van der Waals surface area contributed by atoms with Crippen molar-refractivity contribution in [2.45, 2.75) is 314 Å². The maximum Gasteiger partial charge on any atom is 0.333 e. The molecule has 3 aromatic rings. The van der Waals surface area contributed by atoms with Crippen molar-refractivity contribution in [3.63, 3.8) is 0 Å². The zero-order valence-corrected chi connectivity index (χ0v) is 97.0. The van der Waals surface area contributed by atoms with Crippen LogP contribution in [-0.2, 0) is 156 Å². The first-order chi connectivity index (χ1) is 69.9. The van der Waals surface area contributed by atoms with Gasteiger partial charge in [-0.2, -0.15) is 0 Å². The van der Waals surface area contributed by atoms with E-state index >= 15 is 0 Å². The molecule has 3 aromatic carbocycles. The van der Waals surface area contributed by atoms with Crippen LogP contribution in [0.4, 0.5) is 11.4 Å². The summed E-state index contributed by atoms with van der Waals surface area (Å²) in [6.45, 7) is 60.4. The number of nitrogens with one attached hydrogen (secondary N) is 3. The molecule has 0 spiro atoms. The standard InChI is InChI=1S/C17H18N2O2.C17H28O5.C14H24O7.C13H22O5.C13H18O2.C11H21NO2.2C9H18O3.C7H14O2.C4H10O2/c1-12(20)18-16-7-3-14(4-8-16)11-15-5-9-17(10-6-15)19-13(2)21;1-6-17(4,5)16(20)22-14-8-7-12(9-13(14)18)10-21-15(19)11(2)3;1-10(2)12(16)20-6-11(15)7-21-13(17)14(3,8-18-4)9-19-5;1-6-13(4,5)12(16)18-8-10(14)7-17-11(15)9(2)3;1-4-13(2,3)12(14)15-10-11-8-6-5-7-9-11;1-10(13)8-6-4-3-5-7-9-12-11(2)14;2*1-5-9(2,3)8(10)12-7-6-11-4;1-5-7(2,3)6(8)9-4;1-5-3-4-6-2/h3-10H,11H2,1-2H3,(H,18,20)(H,19,21);12-14,18H,2,6-10H2,1,3-5H3;11,15H,1,6-9H2,2-5H3;10,14H,2,6-8H2,1,3-5H3;5-9H,4,10H2,1-3H3;3-9H2,1-2H3,(H,12,14);2*5-7H2,1-4H3;5H2,1-4H3;3-4H2,1-2H3. The average Bonchev–Trinajstić information content (AvgIpc) is 0.874. The number of ketones is 1. The number of aliphatic hydroxyl groups is 3. The number of unbranched alkanes of at least 4 members (excludes halogenated alkanes) is 4. The first-order valence-electron chi connectivity index (χ1n) is 51.0. The molecule has 5 atom stereocenters. The number of benzene rings is 3. The Morgan fingerprint density at radius 2 is 0.700 bits per heavy atom. The molecule has 1 aliphatic carbocycles. The Bertz CT molecular complexity index is 4210. The summed E-state index contributed by atoms with van der Waals surface area (Å²) in [6.07, 6.45) is 10.0. The minimum absolute atomic E-state index is 0.0431. The largest absolute Gasteiger partial charge is 0.469 e. The van der Waals surface area contributed by atoms with E-state index in [0.29, 0.717) is 83.9 Å². The summed E-state index contributed by atoms with van der Waals surface area (Å²) in [7, 11) is 10.8. The molecule has 4 rings (SSSR count). The molecule has 1 aliphatic rings. The number of anilines is 2. The Kier molecular flexibility index (Phi) is 84.8. The highest BCUT2D eigenvalue weighted by Crippen LogP contribution is 2.32. The van der Waals surface area contributed by atoms with E-state index in [1.165, 1.54) is 55.9 Å². The molecule has 5 unspecified atom stereocenters. The van der Waals surface area contributed by atoms with Crippen LogP contribution in [0.1, 0.15) is 293 Å². The van der Waals surface area contributed by atoms with Crippen molar-refractivity contribution < 1.29 is 158 Å². The van der Waals surface area contributed by atoms with E-state index < -0.39 is 64.5 Å². The maximum absolute atomic E-state index is 12.1. The van der Waals surface area contributed by atoms with Crippen LogP contribution >= 0.6 is 0 Å². The van der Waals surface area contributed by atoms with Gasteiger partial charge in [-0.05, 0) is 242 Å². The van der Waals surface area contributed by atoms with E-state index in [1.807, 2.05) is 190 Å². The molecule has 0 aromatic heterocycles. The number of methoxy groups -OCH3 is 7. The molecule has 0 saturated heterocycles. The molecular formula is C114H191N3O33. The van der Waals surface area contributed by atoms with E-state index in [1.54, 1.807) is 63.1 Å². The van der Waals surface area contributed by atoms with Gasteiger partial charge in [0, 0.05) is 104 Å². The fourth-order valence-electron chi connectivity index (χ4n) is 10.7. The molecule has 1 fully saturated rings. The summed E-state index contributed by atoms with van der Waals surface area (Å²) >= 11 is 0. The Labute approximate surface area is 896 Å². The van der Waals surface area contributed by atoms with Gasteiger partial charge in [-0.25, -0.2) is 14.4 Å². The van der Waals surface area contributed by atoms with Gasteiger partial charge in [-0.3, -0.25) is 47.9 Å². The van der Waals surface area contributed by atoms with Gasteiger partial charge in [-0.15, -0.1) is 0 Å². The van der Waals surface area contributed by atoms with Gasteiger partial charge in [-0.1, -0.05) is 135 Å². The lowest BCUT2D eigenvalue weighted by atomic mass is 9.85. The number of carbonyl (C=O) groups excluding carboxylic acids is 14. The SMILES string of the molecule is C=C(C)C(=O)OCC(O)COC(=O)C(C)(C)CC.C=C(C)C(=O)OCC(O)COC(=O)C(C)(COC)COC.C=C(C)C(=O)OCC1CCC(OC(=O)C(C)(C)CC)C(O)C1.CC(=O)CCCCCCCNC(C)=O.CC(=O)Nc1ccc(Cc2ccc(NC(C)=O)cc2)cc1.CCC(C)(C)C(=O)OC.CCC(C)(C)C(=O)OCCOC.CCC(C)(C)C(=O)OCCOC.CCC(C)(C)C(=O)OCc1ccccc1.COCCOC. The van der Waals surface area contributed by atoms with E-state index in [-0.39, 0.29) is 144 Å². The van der Waals surface area contributed by atoms with Gasteiger partial charge >= 0.3 is 59.7 Å². The van der Waals surface area contributed by atoms with Crippen molar-refractivity contribution in [3.8, 4) is 0 Å². The zero-order chi connectivity index (χ0) is 117. The molecule has 860 valence electrons. The van der Waals surface area contributed by atoms with E-state index in [2.05, 4.69) is 49.9 Å². The Balaban J connectivity index is -0.000000390. The molecule has 6 N–H and O–H groups in total. The molecule has 150 heavy (non-hydrogen) atoms. The molecule has 36 heteroatoms. The third kappa shape index (κ3) is 76.8. The second kappa shape index (κ2) is 84.8. The topological polar surface area (TPSA) is 483 Å². The summed E-state index contributed by atoms with van der Waals surface area (Å²) in [5, 5.41) is 37.5. The van der Waals surface area contributed by atoms with E-state index in [0.717, 1.165) is 105 Å². The highest BCUT2D eigenvalue weighted by molar-refractivity contribution is 5.90. The summed E-state index contributed by atoms with van der Waals surface area (Å²) in [4.78, 5) is 157. The highest BCUT2D eigenvalue weighted by Gasteiger charge is 2.39. The molecule has 0 radical (unpaired) electrons. The molecule has 3 amide bonds. The normalized spacial score (nSPS) is 13.3. The fourth-order valence-corrected chi connectivity index (χ4v) is 10.7. The van der Waals surface area contributed by atoms with Crippen molar-refractivity contribution in [1.29, 1.82) is 0 Å². The van der Waals surface area contributed by atoms with E-state index in [9.17, 15) is 82.4 Å². The Morgan fingerprint density at radius 3 is 1.03 bits per heavy atom. The summed E-state index contributed by atoms with van der Waals surface area (Å²) in [5.74, 6) is -3.10. The van der Waals surface area contributed by atoms with Crippen molar-refractivity contribution in [1.82, 2.24) is 5.32 Å². The van der Waals surface area contributed by atoms with Crippen LogP contribution < -0.4 is 16.0 Å². The first-order valence-corrected chi connectivity index (χ1v) is 51.0. The molecular weight excluding hydrogens is 1940 g/mol. The van der Waals surface area contributed by atoms with E-state index in [4.69, 9.17) is 61.6 Å². The van der Waals surface area contributed by atoms with Crippen molar-refractivity contribution in [2.24, 2.45) is 43.8 Å². The van der Waals surface area contributed by atoms with Gasteiger partial charge in [0.05, 0.1) is 92.0 Å². The van der Waals surface area contributed by atoms with Gasteiger partial charge in [0.1, 0.15) is 75.8 Å². The van der Waals surface area contributed by atoms with Crippen LogP contribution in [0, 0.1) is 43.8 Å². The van der Waals surface area contributed by atoms with Gasteiger partial charge in [0.15, 0.2) is 0 Å². The minimum Gasteiger partial charge on any atom is -0.469 e. The number of rotatable bonds is 54. The highest BCUT2D eigenvalue weighted by atomic mass is 16.6. The summed E-state index contributed by atoms with van der Waals surface area (Å²) in [5.41, 5.74) is 2.30. The Morgan fingerprint density at radius 1 is 0.367 bits per heavy atom. The lowest BCUT2D eigenvalue weighted by Crippen LogP contribution is -2.41. The maximum atomic E-state index is 12.1. The number of carbonyl (C=O) groups is 14. The second-order valence-corrected chi connectivity index (χ2v) is 40.1. The quantitative estimate of drug-likeness (QED) is 0.0132.